The van der Waals surface area contributed by atoms with E-state index in [1.165, 1.54) is 24.3 Å². The third-order valence-electron chi connectivity index (χ3n) is 2.62. The van der Waals surface area contributed by atoms with Gasteiger partial charge in [0.25, 0.3) is 0 Å². The third kappa shape index (κ3) is 3.89. The van der Waals surface area contributed by atoms with E-state index in [1.807, 2.05) is 48.3 Å². The van der Waals surface area contributed by atoms with Gasteiger partial charge in [-0.3, -0.25) is 0 Å². The van der Waals surface area contributed by atoms with Crippen molar-refractivity contribution in [2.24, 2.45) is 11.1 Å². The van der Waals surface area contributed by atoms with Gasteiger partial charge in [-0.1, -0.05) is 35.5 Å². The molecule has 1 heterocycles. The molecule has 1 aromatic carbocycles. The zero-order chi connectivity index (χ0) is 11.1. The molecular formula is C13H17NOS. The van der Waals surface area contributed by atoms with Gasteiger partial charge in [0.15, 0.2) is 0 Å². The molecule has 1 fully saturated rings. The lowest BCUT2D eigenvalue weighted by atomic mass is 10.1. The highest BCUT2D eigenvalue weighted by atomic mass is 32.2. The minimum atomic E-state index is 0.567. The van der Waals surface area contributed by atoms with Crippen LogP contribution >= 0.6 is 11.8 Å². The second kappa shape index (κ2) is 6.59. The van der Waals surface area contributed by atoms with Crippen LogP contribution in [0.2, 0.25) is 0 Å². The molecule has 1 saturated heterocycles. The van der Waals surface area contributed by atoms with Crippen LogP contribution in [0.5, 0.6) is 0 Å². The molecule has 0 amide bonds. The van der Waals surface area contributed by atoms with Crippen LogP contribution in [0, 0.1) is 5.92 Å². The predicted molar refractivity (Wildman–Crippen MR) is 69.8 cm³/mol. The molecule has 1 atom stereocenters. The van der Waals surface area contributed by atoms with Crippen LogP contribution < -0.4 is 0 Å². The lowest BCUT2D eigenvalue weighted by Crippen LogP contribution is -2.11. The lowest BCUT2D eigenvalue weighted by molar-refractivity contribution is 0.130. The fourth-order valence-corrected chi connectivity index (χ4v) is 2.79. The predicted octanol–water partition coefficient (Wildman–Crippen LogP) is 3.33. The van der Waals surface area contributed by atoms with Crippen molar-refractivity contribution >= 4 is 18.0 Å². The van der Waals surface area contributed by atoms with Crippen molar-refractivity contribution in [2.75, 3.05) is 11.5 Å². The van der Waals surface area contributed by atoms with E-state index in [2.05, 4.69) is 5.16 Å². The number of nitrogens with zero attached hydrogens (tertiary/aromatic N) is 1. The molecule has 0 aromatic heterocycles. The smallest absolute Gasteiger partial charge is 0.142 e. The maximum Gasteiger partial charge on any atom is 0.142 e. The molecule has 16 heavy (non-hydrogen) atoms. The van der Waals surface area contributed by atoms with Crippen molar-refractivity contribution in [2.45, 2.75) is 19.4 Å². The first kappa shape index (κ1) is 11.5. The van der Waals surface area contributed by atoms with E-state index in [0.29, 0.717) is 12.5 Å². The van der Waals surface area contributed by atoms with E-state index in [0.717, 1.165) is 5.56 Å². The van der Waals surface area contributed by atoms with E-state index < -0.39 is 0 Å². The monoisotopic (exact) mass is 235 g/mol. The Bertz CT molecular complexity index is 320. The fraction of sp³-hybridized carbons (Fsp3) is 0.462. The van der Waals surface area contributed by atoms with Gasteiger partial charge in [0.05, 0.1) is 0 Å². The van der Waals surface area contributed by atoms with Gasteiger partial charge in [-0.15, -0.1) is 0 Å². The second-order valence-corrected chi connectivity index (χ2v) is 5.14. The molecule has 0 radical (unpaired) electrons. The molecule has 1 unspecified atom stereocenters. The van der Waals surface area contributed by atoms with Crippen molar-refractivity contribution in [3.63, 3.8) is 0 Å². The molecule has 1 aliphatic heterocycles. The highest BCUT2D eigenvalue weighted by Crippen LogP contribution is 2.20. The Balaban J connectivity index is 1.69. The molecule has 0 aliphatic carbocycles. The van der Waals surface area contributed by atoms with Crippen LogP contribution in [0.1, 0.15) is 18.4 Å². The second-order valence-electron chi connectivity index (χ2n) is 3.99. The van der Waals surface area contributed by atoms with Crippen molar-refractivity contribution in [3.05, 3.63) is 35.9 Å². The summed E-state index contributed by atoms with van der Waals surface area (Å²) in [5.74, 6) is 3.10. The molecule has 1 aliphatic rings. The summed E-state index contributed by atoms with van der Waals surface area (Å²) in [6, 6.07) is 10.1. The third-order valence-corrected chi connectivity index (χ3v) is 3.86. The largest absolute Gasteiger partial charge is 0.391 e. The van der Waals surface area contributed by atoms with Crippen molar-refractivity contribution < 1.29 is 4.84 Å². The van der Waals surface area contributed by atoms with Crippen LogP contribution in [0.15, 0.2) is 35.5 Å². The molecule has 2 nitrogen and oxygen atoms in total. The maximum absolute atomic E-state index is 5.28. The van der Waals surface area contributed by atoms with E-state index in [-0.39, 0.29) is 0 Å². The first-order chi connectivity index (χ1) is 7.95. The minimum Gasteiger partial charge on any atom is -0.391 e. The van der Waals surface area contributed by atoms with Crippen LogP contribution in [-0.2, 0) is 11.4 Å². The summed E-state index contributed by atoms with van der Waals surface area (Å²) in [7, 11) is 0. The van der Waals surface area contributed by atoms with Crippen molar-refractivity contribution in [1.82, 2.24) is 0 Å². The lowest BCUT2D eigenvalue weighted by Gasteiger charge is -2.16. The van der Waals surface area contributed by atoms with Crippen LogP contribution in [0.25, 0.3) is 0 Å². The standard InChI is InChI=1S/C13H17NOS/c1-2-5-12(6-3-1)10-15-14-9-13-7-4-8-16-11-13/h1-3,5-6,9,13H,4,7-8,10-11H2/b14-9+. The van der Waals surface area contributed by atoms with Crippen LogP contribution in [0.3, 0.4) is 0 Å². The van der Waals surface area contributed by atoms with E-state index in [4.69, 9.17) is 4.84 Å². The zero-order valence-corrected chi connectivity index (χ0v) is 10.2. The number of thioether (sulfide) groups is 1. The molecule has 0 spiro atoms. The first-order valence-electron chi connectivity index (χ1n) is 5.72. The Kier molecular flexibility index (Phi) is 4.74. The quantitative estimate of drug-likeness (QED) is 0.590. The van der Waals surface area contributed by atoms with Crippen LogP contribution in [0.4, 0.5) is 0 Å². The van der Waals surface area contributed by atoms with Gasteiger partial charge in [-0.25, -0.2) is 0 Å². The summed E-state index contributed by atoms with van der Waals surface area (Å²) in [6.07, 6.45) is 4.53. The average molecular weight is 235 g/mol. The number of benzene rings is 1. The number of hydrogen-bond acceptors (Lipinski definition) is 3. The highest BCUT2D eigenvalue weighted by molar-refractivity contribution is 7.99. The summed E-state index contributed by atoms with van der Waals surface area (Å²) in [5.41, 5.74) is 1.16. The Hall–Kier alpha value is -0.960. The summed E-state index contributed by atoms with van der Waals surface area (Å²) in [6.45, 7) is 0.567. The molecule has 2 rings (SSSR count). The molecular weight excluding hydrogens is 218 g/mol. The van der Waals surface area contributed by atoms with E-state index >= 15 is 0 Å². The Morgan fingerprint density at radius 1 is 1.38 bits per heavy atom. The molecule has 0 saturated carbocycles. The molecule has 3 heteroatoms. The summed E-state index contributed by atoms with van der Waals surface area (Å²) in [4.78, 5) is 5.28. The zero-order valence-electron chi connectivity index (χ0n) is 9.34. The van der Waals surface area contributed by atoms with Crippen LogP contribution in [-0.4, -0.2) is 17.7 Å². The summed E-state index contributed by atoms with van der Waals surface area (Å²) in [5, 5.41) is 4.05. The summed E-state index contributed by atoms with van der Waals surface area (Å²) >= 11 is 2.01. The molecule has 0 N–H and O–H groups in total. The molecule has 1 aromatic rings. The van der Waals surface area contributed by atoms with Crippen molar-refractivity contribution in [1.29, 1.82) is 0 Å². The van der Waals surface area contributed by atoms with Gasteiger partial charge in [0.2, 0.25) is 0 Å². The average Bonchev–Trinajstić information content (AvgIpc) is 2.37. The topological polar surface area (TPSA) is 21.6 Å². The fourth-order valence-electron chi connectivity index (χ4n) is 1.70. The number of oxime groups is 1. The van der Waals surface area contributed by atoms with Gasteiger partial charge in [-0.05, 0) is 24.2 Å². The van der Waals surface area contributed by atoms with Gasteiger partial charge < -0.3 is 4.84 Å². The molecule has 86 valence electrons. The Morgan fingerprint density at radius 3 is 3.00 bits per heavy atom. The number of hydrogen-bond donors (Lipinski definition) is 0. The van der Waals surface area contributed by atoms with E-state index in [9.17, 15) is 0 Å². The van der Waals surface area contributed by atoms with Gasteiger partial charge in [-0.2, -0.15) is 11.8 Å². The maximum atomic E-state index is 5.28. The van der Waals surface area contributed by atoms with E-state index in [1.54, 1.807) is 0 Å². The Morgan fingerprint density at radius 2 is 2.25 bits per heavy atom. The molecule has 0 bridgehead atoms. The summed E-state index contributed by atoms with van der Waals surface area (Å²) < 4.78 is 0. The number of rotatable bonds is 4. The minimum absolute atomic E-state index is 0.567. The van der Waals surface area contributed by atoms with Gasteiger partial charge in [0.1, 0.15) is 6.61 Å². The van der Waals surface area contributed by atoms with Crippen molar-refractivity contribution in [3.8, 4) is 0 Å². The normalized spacial score (nSPS) is 21.1. The first-order valence-corrected chi connectivity index (χ1v) is 6.88. The SMILES string of the molecule is C(=N\OCc1ccccc1)/C1CCCSC1. The van der Waals surface area contributed by atoms with Gasteiger partial charge in [0, 0.05) is 17.9 Å². The Labute approximate surface area is 101 Å². The highest BCUT2D eigenvalue weighted by Gasteiger charge is 2.10. The van der Waals surface area contributed by atoms with Gasteiger partial charge >= 0.3 is 0 Å².